The third-order valence-corrected chi connectivity index (χ3v) is 2.46. The lowest BCUT2D eigenvalue weighted by molar-refractivity contribution is -0.141. The van der Waals surface area contributed by atoms with Gasteiger partial charge in [-0.1, -0.05) is 18.2 Å². The van der Waals surface area contributed by atoms with Crippen LogP contribution in [0.1, 0.15) is 12.5 Å². The molecule has 0 atom stereocenters. The summed E-state index contributed by atoms with van der Waals surface area (Å²) in [5, 5.41) is 0. The fourth-order valence-corrected chi connectivity index (χ4v) is 1.67. The molecule has 0 saturated carbocycles. The van der Waals surface area contributed by atoms with Gasteiger partial charge in [-0.15, -0.1) is 0 Å². The lowest BCUT2D eigenvalue weighted by Crippen LogP contribution is -2.20. The van der Waals surface area contributed by atoms with E-state index >= 15 is 0 Å². The monoisotopic (exact) mass is 232 g/mol. The minimum Gasteiger partial charge on any atom is -0.460 e. The summed E-state index contributed by atoms with van der Waals surface area (Å²) in [7, 11) is 0. The molecule has 4 nitrogen and oxygen atoms in total. The van der Waals surface area contributed by atoms with E-state index in [0.717, 1.165) is 5.56 Å². The fourth-order valence-electron chi connectivity index (χ4n) is 1.67. The van der Waals surface area contributed by atoms with Crippen LogP contribution in [0, 0.1) is 0 Å². The van der Waals surface area contributed by atoms with Crippen LogP contribution in [0.5, 0.6) is 5.75 Å². The molecule has 0 bridgehead atoms. The predicted molar refractivity (Wildman–Crippen MR) is 60.5 cm³/mol. The molecule has 0 N–H and O–H groups in total. The molecular weight excluding hydrogens is 220 g/mol. The summed E-state index contributed by atoms with van der Waals surface area (Å²) in [5.41, 5.74) is 1.21. The second-order valence-electron chi connectivity index (χ2n) is 3.58. The van der Waals surface area contributed by atoms with Crippen molar-refractivity contribution in [1.29, 1.82) is 0 Å². The molecule has 0 fully saturated rings. The van der Waals surface area contributed by atoms with Gasteiger partial charge in [0.05, 0.1) is 6.61 Å². The van der Waals surface area contributed by atoms with Crippen molar-refractivity contribution in [2.24, 2.45) is 0 Å². The number of carbonyl (C=O) groups excluding carboxylic acids is 2. The van der Waals surface area contributed by atoms with E-state index in [1.165, 1.54) is 0 Å². The third kappa shape index (κ3) is 2.20. The minimum atomic E-state index is -0.593. The molecule has 0 amide bonds. The molecule has 1 aliphatic rings. The Hall–Kier alpha value is -2.10. The summed E-state index contributed by atoms with van der Waals surface area (Å²) in [6, 6.07) is 7.30. The summed E-state index contributed by atoms with van der Waals surface area (Å²) >= 11 is 0. The van der Waals surface area contributed by atoms with Gasteiger partial charge in [0.25, 0.3) is 0 Å². The second kappa shape index (κ2) is 4.82. The lowest BCUT2D eigenvalue weighted by Gasteiger charge is -2.19. The van der Waals surface area contributed by atoms with Gasteiger partial charge in [0.1, 0.15) is 12.0 Å². The van der Waals surface area contributed by atoms with Gasteiger partial charge in [-0.05, 0) is 18.6 Å². The first-order chi connectivity index (χ1) is 8.26. The highest BCUT2D eigenvalue weighted by Gasteiger charge is 2.25. The minimum absolute atomic E-state index is 0.000509. The van der Waals surface area contributed by atoms with Crippen LogP contribution < -0.4 is 4.74 Å². The Balaban J connectivity index is 2.34. The Morgan fingerprint density at radius 2 is 2.24 bits per heavy atom. The quantitative estimate of drug-likeness (QED) is 0.587. The molecular formula is C13H12O4. The van der Waals surface area contributed by atoms with Gasteiger partial charge in [0.15, 0.2) is 0 Å². The first-order valence-electron chi connectivity index (χ1n) is 5.37. The first kappa shape index (κ1) is 11.4. The van der Waals surface area contributed by atoms with Crippen molar-refractivity contribution in [1.82, 2.24) is 0 Å². The van der Waals surface area contributed by atoms with E-state index in [0.29, 0.717) is 24.0 Å². The van der Waals surface area contributed by atoms with Crippen molar-refractivity contribution >= 4 is 12.3 Å². The number of esters is 1. The number of aldehydes is 1. The van der Waals surface area contributed by atoms with Crippen LogP contribution in [0.2, 0.25) is 0 Å². The maximum Gasteiger partial charge on any atom is 0.374 e. The molecule has 2 rings (SSSR count). The Morgan fingerprint density at radius 1 is 1.47 bits per heavy atom. The van der Waals surface area contributed by atoms with Crippen LogP contribution in [0.4, 0.5) is 0 Å². The zero-order valence-electron chi connectivity index (χ0n) is 9.43. The van der Waals surface area contributed by atoms with E-state index in [2.05, 4.69) is 0 Å². The maximum absolute atomic E-state index is 11.6. The molecule has 1 aromatic carbocycles. The van der Waals surface area contributed by atoms with Gasteiger partial charge in [0.2, 0.25) is 5.76 Å². The molecule has 0 saturated heterocycles. The summed E-state index contributed by atoms with van der Waals surface area (Å²) < 4.78 is 10.3. The van der Waals surface area contributed by atoms with Gasteiger partial charge >= 0.3 is 5.97 Å². The van der Waals surface area contributed by atoms with E-state index in [1.807, 2.05) is 18.2 Å². The zero-order valence-corrected chi connectivity index (χ0v) is 9.43. The number of ether oxygens (including phenoxy) is 2. The average molecular weight is 232 g/mol. The molecule has 0 radical (unpaired) electrons. The number of hydrogen-bond donors (Lipinski definition) is 0. The highest BCUT2D eigenvalue weighted by Crippen LogP contribution is 2.29. The molecule has 0 spiro atoms. The number of benzene rings is 1. The molecule has 0 aliphatic carbocycles. The van der Waals surface area contributed by atoms with Crippen LogP contribution >= 0.6 is 0 Å². The lowest BCUT2D eigenvalue weighted by atomic mass is 10.0. The van der Waals surface area contributed by atoms with E-state index in [1.54, 1.807) is 13.0 Å². The summed E-state index contributed by atoms with van der Waals surface area (Å²) in [6.07, 6.45) is 1.04. The zero-order chi connectivity index (χ0) is 12.3. The molecule has 17 heavy (non-hydrogen) atoms. The SMILES string of the molecule is CCOC(=O)C1=C(C=O)Cc2ccccc2O1. The predicted octanol–water partition coefficient (Wildman–Crippen LogP) is 1.64. The molecule has 1 aliphatic heterocycles. The summed E-state index contributed by atoms with van der Waals surface area (Å²) in [4.78, 5) is 22.6. The summed E-state index contributed by atoms with van der Waals surface area (Å²) in [5.74, 6) is 0.00538. The number of rotatable bonds is 3. The molecule has 88 valence electrons. The molecule has 4 heteroatoms. The van der Waals surface area contributed by atoms with Crippen molar-refractivity contribution in [2.75, 3.05) is 6.61 Å². The van der Waals surface area contributed by atoms with Gasteiger partial charge in [-0.3, -0.25) is 4.79 Å². The van der Waals surface area contributed by atoms with Crippen molar-refractivity contribution in [2.45, 2.75) is 13.3 Å². The van der Waals surface area contributed by atoms with Crippen molar-refractivity contribution < 1.29 is 19.1 Å². The number of allylic oxidation sites excluding steroid dienone is 1. The Labute approximate surface area is 98.8 Å². The van der Waals surface area contributed by atoms with E-state index in [9.17, 15) is 9.59 Å². The Morgan fingerprint density at radius 3 is 2.94 bits per heavy atom. The first-order valence-corrected chi connectivity index (χ1v) is 5.37. The number of hydrogen-bond acceptors (Lipinski definition) is 4. The normalized spacial score (nSPS) is 13.7. The van der Waals surface area contributed by atoms with Gasteiger partial charge in [-0.2, -0.15) is 0 Å². The van der Waals surface area contributed by atoms with Gasteiger partial charge in [-0.25, -0.2) is 4.79 Å². The second-order valence-corrected chi connectivity index (χ2v) is 3.58. The number of fused-ring (bicyclic) bond motifs is 1. The van der Waals surface area contributed by atoms with E-state index in [4.69, 9.17) is 9.47 Å². The van der Waals surface area contributed by atoms with E-state index in [-0.39, 0.29) is 12.4 Å². The highest BCUT2D eigenvalue weighted by molar-refractivity contribution is 5.95. The van der Waals surface area contributed by atoms with Crippen LogP contribution in [-0.2, 0) is 20.7 Å². The summed E-state index contributed by atoms with van der Waals surface area (Å²) in [6.45, 7) is 1.95. The largest absolute Gasteiger partial charge is 0.460 e. The standard InChI is InChI=1S/C13H12O4/c1-2-16-13(15)12-10(8-14)7-9-5-3-4-6-11(9)17-12/h3-6,8H,2,7H2,1H3. The molecule has 0 unspecified atom stereocenters. The van der Waals surface area contributed by atoms with Crippen LogP contribution in [0.25, 0.3) is 0 Å². The van der Waals surface area contributed by atoms with Crippen LogP contribution in [0.15, 0.2) is 35.6 Å². The molecule has 1 heterocycles. The van der Waals surface area contributed by atoms with Crippen LogP contribution in [0.3, 0.4) is 0 Å². The number of carbonyl (C=O) groups is 2. The maximum atomic E-state index is 11.6. The van der Waals surface area contributed by atoms with E-state index < -0.39 is 5.97 Å². The topological polar surface area (TPSA) is 52.6 Å². The molecule has 0 aromatic heterocycles. The average Bonchev–Trinajstić information content (AvgIpc) is 2.37. The van der Waals surface area contributed by atoms with Gasteiger partial charge in [0, 0.05) is 12.0 Å². The highest BCUT2D eigenvalue weighted by atomic mass is 16.6. The van der Waals surface area contributed by atoms with Crippen molar-refractivity contribution in [3.63, 3.8) is 0 Å². The van der Waals surface area contributed by atoms with Crippen molar-refractivity contribution in [3.8, 4) is 5.75 Å². The Bertz CT molecular complexity index is 488. The third-order valence-electron chi connectivity index (χ3n) is 2.46. The van der Waals surface area contributed by atoms with Crippen molar-refractivity contribution in [3.05, 3.63) is 41.2 Å². The number of para-hydroxylation sites is 1. The molecule has 1 aromatic rings. The smallest absolute Gasteiger partial charge is 0.374 e. The van der Waals surface area contributed by atoms with Gasteiger partial charge < -0.3 is 9.47 Å². The van der Waals surface area contributed by atoms with Crippen LogP contribution in [-0.4, -0.2) is 18.9 Å². The fraction of sp³-hybridized carbons (Fsp3) is 0.231. The Kier molecular flexibility index (Phi) is 3.23.